The number of ether oxygens (including phenoxy) is 1. The Kier molecular flexibility index (Phi) is 5.36. The molecule has 1 aromatic carbocycles. The van der Waals surface area contributed by atoms with E-state index in [1.54, 1.807) is 0 Å². The Hall–Kier alpha value is -1.40. The number of methoxy groups -OCH3 is 1. The Morgan fingerprint density at radius 2 is 2.05 bits per heavy atom. The fourth-order valence-electron chi connectivity index (χ4n) is 2.57. The van der Waals surface area contributed by atoms with E-state index in [-0.39, 0.29) is 24.1 Å². The second kappa shape index (κ2) is 7.04. The van der Waals surface area contributed by atoms with Crippen LogP contribution in [0.25, 0.3) is 0 Å². The van der Waals surface area contributed by atoms with Crippen LogP contribution in [0.2, 0.25) is 0 Å². The molecule has 5 nitrogen and oxygen atoms in total. The van der Waals surface area contributed by atoms with Gasteiger partial charge in [0.25, 0.3) is 0 Å². The Morgan fingerprint density at radius 1 is 1.33 bits per heavy atom. The fraction of sp³-hybridized carbons (Fsp3) is 0.533. The minimum Gasteiger partial charge on any atom is -0.469 e. The maximum atomic E-state index is 11.4. The largest absolute Gasteiger partial charge is 0.469 e. The van der Waals surface area contributed by atoms with Gasteiger partial charge >= 0.3 is 5.97 Å². The predicted molar refractivity (Wildman–Crippen MR) is 80.6 cm³/mol. The molecule has 1 aromatic rings. The summed E-state index contributed by atoms with van der Waals surface area (Å²) in [5, 5.41) is 3.30. The molecule has 0 aliphatic carbocycles. The number of carbonyl (C=O) groups excluding carboxylic acids is 1. The number of esters is 1. The molecule has 1 heterocycles. The third-order valence-corrected chi connectivity index (χ3v) is 5.59. The topological polar surface area (TPSA) is 72.5 Å². The van der Waals surface area contributed by atoms with Gasteiger partial charge in [-0.3, -0.25) is 4.79 Å². The third-order valence-electron chi connectivity index (χ3n) is 3.76. The van der Waals surface area contributed by atoms with Gasteiger partial charge in [-0.15, -0.1) is 0 Å². The summed E-state index contributed by atoms with van der Waals surface area (Å²) in [6, 6.07) is 7.70. The molecule has 6 heteroatoms. The van der Waals surface area contributed by atoms with Crippen molar-refractivity contribution in [1.82, 2.24) is 5.32 Å². The van der Waals surface area contributed by atoms with E-state index in [0.29, 0.717) is 18.8 Å². The lowest BCUT2D eigenvalue weighted by atomic mass is 10.0. The fourth-order valence-corrected chi connectivity index (χ4v) is 4.44. The van der Waals surface area contributed by atoms with Gasteiger partial charge in [0.1, 0.15) is 0 Å². The van der Waals surface area contributed by atoms with Crippen LogP contribution in [0.4, 0.5) is 0 Å². The van der Waals surface area contributed by atoms with E-state index in [0.717, 1.165) is 17.5 Å². The average molecular weight is 311 g/mol. The van der Waals surface area contributed by atoms with Crippen LogP contribution in [0.5, 0.6) is 0 Å². The summed E-state index contributed by atoms with van der Waals surface area (Å²) >= 11 is 0. The second-order valence-corrected chi connectivity index (χ2v) is 7.65. The van der Waals surface area contributed by atoms with Crippen LogP contribution in [0.3, 0.4) is 0 Å². The van der Waals surface area contributed by atoms with Crippen molar-refractivity contribution in [2.75, 3.05) is 25.2 Å². The molecule has 1 aliphatic heterocycles. The summed E-state index contributed by atoms with van der Waals surface area (Å²) in [7, 11) is -1.44. The minimum atomic E-state index is -2.82. The van der Waals surface area contributed by atoms with Gasteiger partial charge in [-0.1, -0.05) is 24.3 Å². The number of rotatable bonds is 6. The zero-order chi connectivity index (χ0) is 15.3. The Balaban J connectivity index is 1.87. The first-order valence-electron chi connectivity index (χ1n) is 7.05. The molecular weight excluding hydrogens is 290 g/mol. The molecule has 1 saturated heterocycles. The monoisotopic (exact) mass is 311 g/mol. The molecule has 0 spiro atoms. The van der Waals surface area contributed by atoms with E-state index in [4.69, 9.17) is 4.74 Å². The highest BCUT2D eigenvalue weighted by Crippen LogP contribution is 2.17. The number of sulfone groups is 1. The molecule has 2 rings (SSSR count). The van der Waals surface area contributed by atoms with Gasteiger partial charge in [0, 0.05) is 6.54 Å². The maximum absolute atomic E-state index is 11.4. The molecule has 0 radical (unpaired) electrons. The van der Waals surface area contributed by atoms with E-state index < -0.39 is 9.84 Å². The van der Waals surface area contributed by atoms with Crippen molar-refractivity contribution in [3.63, 3.8) is 0 Å². The molecule has 116 valence electrons. The zero-order valence-corrected chi connectivity index (χ0v) is 13.0. The number of hydrogen-bond donors (Lipinski definition) is 1. The molecule has 1 N–H and O–H groups in total. The van der Waals surface area contributed by atoms with Crippen LogP contribution in [-0.2, 0) is 32.3 Å². The van der Waals surface area contributed by atoms with Crippen molar-refractivity contribution in [3.05, 3.63) is 35.4 Å². The lowest BCUT2D eigenvalue weighted by Gasteiger charge is -2.12. The lowest BCUT2D eigenvalue weighted by Crippen LogP contribution is -2.24. The summed E-state index contributed by atoms with van der Waals surface area (Å²) in [6.45, 7) is 1.31. The molecule has 1 aliphatic rings. The minimum absolute atomic E-state index is 0.197. The van der Waals surface area contributed by atoms with Gasteiger partial charge in [0.2, 0.25) is 0 Å². The first-order chi connectivity index (χ1) is 10.00. The average Bonchev–Trinajstić information content (AvgIpc) is 2.80. The van der Waals surface area contributed by atoms with E-state index >= 15 is 0 Å². The number of nitrogens with one attached hydrogen (secondary N) is 1. The van der Waals surface area contributed by atoms with Gasteiger partial charge in [0.15, 0.2) is 9.84 Å². The summed E-state index contributed by atoms with van der Waals surface area (Å²) < 4.78 is 27.5. The normalized spacial score (nSPS) is 20.3. The number of benzene rings is 1. The number of hydrogen-bond acceptors (Lipinski definition) is 5. The lowest BCUT2D eigenvalue weighted by molar-refractivity contribution is -0.139. The maximum Gasteiger partial charge on any atom is 0.309 e. The van der Waals surface area contributed by atoms with Crippen molar-refractivity contribution >= 4 is 15.8 Å². The van der Waals surface area contributed by atoms with Crippen molar-refractivity contribution in [2.45, 2.75) is 19.4 Å². The SMILES string of the molecule is COC(=O)Cc1ccccc1CNCC1CCS(=O)(=O)C1. The summed E-state index contributed by atoms with van der Waals surface area (Å²) in [5.41, 5.74) is 1.99. The van der Waals surface area contributed by atoms with Gasteiger partial charge in [-0.05, 0) is 30.0 Å². The molecule has 0 aromatic heterocycles. The molecule has 0 amide bonds. The van der Waals surface area contributed by atoms with Crippen LogP contribution in [0, 0.1) is 5.92 Å². The van der Waals surface area contributed by atoms with Gasteiger partial charge in [-0.2, -0.15) is 0 Å². The zero-order valence-electron chi connectivity index (χ0n) is 12.2. The van der Waals surface area contributed by atoms with E-state index in [1.807, 2.05) is 24.3 Å². The Morgan fingerprint density at radius 3 is 2.67 bits per heavy atom. The molecule has 0 bridgehead atoms. The molecule has 21 heavy (non-hydrogen) atoms. The highest BCUT2D eigenvalue weighted by Gasteiger charge is 2.27. The van der Waals surface area contributed by atoms with Gasteiger partial charge < -0.3 is 10.1 Å². The molecule has 0 saturated carbocycles. The van der Waals surface area contributed by atoms with Gasteiger partial charge in [0.05, 0.1) is 25.0 Å². The first-order valence-corrected chi connectivity index (χ1v) is 8.87. The van der Waals surface area contributed by atoms with Crippen LogP contribution < -0.4 is 5.32 Å². The summed E-state index contributed by atoms with van der Waals surface area (Å²) in [6.07, 6.45) is 0.991. The smallest absolute Gasteiger partial charge is 0.309 e. The first kappa shape index (κ1) is 16.0. The quantitative estimate of drug-likeness (QED) is 0.791. The highest BCUT2D eigenvalue weighted by atomic mass is 32.2. The van der Waals surface area contributed by atoms with Crippen LogP contribution in [0.15, 0.2) is 24.3 Å². The van der Waals surface area contributed by atoms with Crippen molar-refractivity contribution in [2.24, 2.45) is 5.92 Å². The molecular formula is C15H21NO4S. The Bertz CT molecular complexity index is 597. The van der Waals surface area contributed by atoms with Gasteiger partial charge in [-0.25, -0.2) is 8.42 Å². The summed E-state index contributed by atoms with van der Waals surface area (Å²) in [4.78, 5) is 11.4. The molecule has 1 atom stereocenters. The van der Waals surface area contributed by atoms with Crippen molar-refractivity contribution in [3.8, 4) is 0 Å². The van der Waals surface area contributed by atoms with Crippen molar-refractivity contribution in [1.29, 1.82) is 0 Å². The molecule has 1 fully saturated rings. The standard InChI is InChI=1S/C15H21NO4S/c1-20-15(17)8-13-4-2-3-5-14(13)10-16-9-12-6-7-21(18,19)11-12/h2-5,12,16H,6-11H2,1H3. The van der Waals surface area contributed by atoms with E-state index in [9.17, 15) is 13.2 Å². The Labute approximate surface area is 125 Å². The van der Waals surface area contributed by atoms with Crippen LogP contribution in [-0.4, -0.2) is 39.5 Å². The second-order valence-electron chi connectivity index (χ2n) is 5.42. The third kappa shape index (κ3) is 4.82. The van der Waals surface area contributed by atoms with Crippen molar-refractivity contribution < 1.29 is 17.9 Å². The predicted octanol–water partition coefficient (Wildman–Crippen LogP) is 0.926. The van der Waals surface area contributed by atoms with Crippen LogP contribution in [0.1, 0.15) is 17.5 Å². The molecule has 1 unspecified atom stereocenters. The van der Waals surface area contributed by atoms with Crippen LogP contribution >= 0.6 is 0 Å². The number of carbonyl (C=O) groups is 1. The van der Waals surface area contributed by atoms with E-state index in [2.05, 4.69) is 5.32 Å². The highest BCUT2D eigenvalue weighted by molar-refractivity contribution is 7.91. The summed E-state index contributed by atoms with van der Waals surface area (Å²) in [5.74, 6) is 0.523. The van der Waals surface area contributed by atoms with E-state index in [1.165, 1.54) is 7.11 Å².